The molecule has 3 N–H and O–H groups in total. The molecule has 1 aliphatic heterocycles. The van der Waals surface area contributed by atoms with Crippen molar-refractivity contribution in [1.29, 1.82) is 0 Å². The quantitative estimate of drug-likeness (QED) is 0.246. The van der Waals surface area contributed by atoms with E-state index in [1.165, 1.54) is 0 Å². The van der Waals surface area contributed by atoms with Crippen LogP contribution in [0.5, 0.6) is 0 Å². The van der Waals surface area contributed by atoms with Gasteiger partial charge in [0.2, 0.25) is 11.9 Å². The number of carbonyl (C=O) groups is 3. The van der Waals surface area contributed by atoms with Crippen molar-refractivity contribution < 1.29 is 23.9 Å². The standard InChI is InChI=1S/C24H28N4O5/c1-17-20(21(29)26-17)13-8-14-25-22(27-23(30)32-15-18-9-4-2-5-10-18)28-24(31)33-16-19-11-6-3-7-12-19/h2-7,9-12,17,20H,8,13-16H2,1H3,(H,26,29)(H2,25,27,28,30,31)/t17-,20-/m1/s1. The third-order valence-corrected chi connectivity index (χ3v) is 5.12. The predicted octanol–water partition coefficient (Wildman–Crippen LogP) is 3.11. The van der Waals surface area contributed by atoms with Gasteiger partial charge in [0.1, 0.15) is 13.2 Å². The molecule has 0 unspecified atom stereocenters. The summed E-state index contributed by atoms with van der Waals surface area (Å²) in [5.74, 6) is -0.0644. The number of alkyl carbamates (subject to hydrolysis) is 2. The van der Waals surface area contributed by atoms with Crippen LogP contribution in [0.2, 0.25) is 0 Å². The SMILES string of the molecule is C[C@H]1NC(=O)[C@@H]1CCCN=C(NC(=O)OCc1ccccc1)NC(=O)OCc1ccccc1. The number of hydrogen-bond donors (Lipinski definition) is 3. The molecule has 3 rings (SSSR count). The summed E-state index contributed by atoms with van der Waals surface area (Å²) in [4.78, 5) is 40.2. The van der Waals surface area contributed by atoms with E-state index in [1.54, 1.807) is 0 Å². The highest BCUT2D eigenvalue weighted by Crippen LogP contribution is 2.19. The molecule has 174 valence electrons. The van der Waals surface area contributed by atoms with Gasteiger partial charge in [-0.05, 0) is 30.9 Å². The van der Waals surface area contributed by atoms with Crippen molar-refractivity contribution in [3.63, 3.8) is 0 Å². The Morgan fingerprint density at radius 3 is 1.88 bits per heavy atom. The zero-order chi connectivity index (χ0) is 23.5. The number of nitrogens with zero attached hydrogens (tertiary/aromatic N) is 1. The van der Waals surface area contributed by atoms with Gasteiger partial charge in [-0.15, -0.1) is 0 Å². The number of rotatable bonds is 8. The fourth-order valence-corrected chi connectivity index (χ4v) is 3.27. The number of guanidine groups is 1. The lowest BCUT2D eigenvalue weighted by Crippen LogP contribution is -2.56. The van der Waals surface area contributed by atoms with Gasteiger partial charge in [0.15, 0.2) is 0 Å². The molecule has 3 amide bonds. The number of nitrogens with one attached hydrogen (secondary N) is 3. The average molecular weight is 453 g/mol. The average Bonchev–Trinajstić information content (AvgIpc) is 2.82. The van der Waals surface area contributed by atoms with Crippen molar-refractivity contribution in [2.75, 3.05) is 6.54 Å². The summed E-state index contributed by atoms with van der Waals surface area (Å²) >= 11 is 0. The first-order valence-corrected chi connectivity index (χ1v) is 10.8. The molecule has 0 bridgehead atoms. The first-order valence-electron chi connectivity index (χ1n) is 10.8. The summed E-state index contributed by atoms with van der Waals surface area (Å²) in [6.45, 7) is 2.42. The van der Waals surface area contributed by atoms with E-state index in [9.17, 15) is 14.4 Å². The lowest BCUT2D eigenvalue weighted by molar-refractivity contribution is -0.134. The van der Waals surface area contributed by atoms with Crippen LogP contribution in [0.1, 0.15) is 30.9 Å². The molecule has 0 aromatic heterocycles. The van der Waals surface area contributed by atoms with E-state index in [-0.39, 0.29) is 37.0 Å². The lowest BCUT2D eigenvalue weighted by atomic mass is 9.88. The van der Waals surface area contributed by atoms with Crippen molar-refractivity contribution in [3.05, 3.63) is 71.8 Å². The van der Waals surface area contributed by atoms with Crippen LogP contribution in [0.25, 0.3) is 0 Å². The van der Waals surface area contributed by atoms with Gasteiger partial charge in [-0.3, -0.25) is 20.4 Å². The first kappa shape index (κ1) is 23.8. The van der Waals surface area contributed by atoms with Crippen molar-refractivity contribution in [1.82, 2.24) is 16.0 Å². The van der Waals surface area contributed by atoms with Crippen LogP contribution in [0.3, 0.4) is 0 Å². The highest BCUT2D eigenvalue weighted by Gasteiger charge is 2.34. The Labute approximate surface area is 192 Å². The largest absolute Gasteiger partial charge is 0.444 e. The topological polar surface area (TPSA) is 118 Å². The van der Waals surface area contributed by atoms with Gasteiger partial charge >= 0.3 is 12.2 Å². The first-order chi connectivity index (χ1) is 16.0. The van der Waals surface area contributed by atoms with Gasteiger partial charge in [0.25, 0.3) is 0 Å². The van der Waals surface area contributed by atoms with Gasteiger partial charge in [0, 0.05) is 12.6 Å². The minimum Gasteiger partial charge on any atom is -0.444 e. The maximum Gasteiger partial charge on any atom is 0.414 e. The Balaban J connectivity index is 1.51. The molecule has 1 aliphatic rings. The third-order valence-electron chi connectivity index (χ3n) is 5.12. The number of aliphatic imine (C=N–C) groups is 1. The number of carbonyl (C=O) groups excluding carboxylic acids is 3. The minimum atomic E-state index is -0.757. The minimum absolute atomic E-state index is 0.0313. The van der Waals surface area contributed by atoms with E-state index < -0.39 is 12.2 Å². The Kier molecular flexibility index (Phi) is 8.81. The molecule has 9 heteroatoms. The number of ether oxygens (including phenoxy) is 2. The van der Waals surface area contributed by atoms with Crippen molar-refractivity contribution in [2.24, 2.45) is 10.9 Å². The highest BCUT2D eigenvalue weighted by atomic mass is 16.6. The van der Waals surface area contributed by atoms with Crippen LogP contribution in [0.4, 0.5) is 9.59 Å². The molecule has 2 aromatic rings. The summed E-state index contributed by atoms with van der Waals surface area (Å²) in [6, 6.07) is 18.6. The second-order valence-corrected chi connectivity index (χ2v) is 7.65. The van der Waals surface area contributed by atoms with Gasteiger partial charge in [-0.1, -0.05) is 60.7 Å². The molecule has 2 atom stereocenters. The maximum atomic E-state index is 12.2. The van der Waals surface area contributed by atoms with E-state index in [2.05, 4.69) is 20.9 Å². The normalized spacial score (nSPS) is 16.6. The van der Waals surface area contributed by atoms with Crippen LogP contribution in [0.15, 0.2) is 65.7 Å². The summed E-state index contributed by atoms with van der Waals surface area (Å²) in [6.07, 6.45) is -0.227. The molecular formula is C24H28N4O5. The van der Waals surface area contributed by atoms with E-state index in [4.69, 9.17) is 9.47 Å². The van der Waals surface area contributed by atoms with Crippen LogP contribution >= 0.6 is 0 Å². The summed E-state index contributed by atoms with van der Waals surface area (Å²) in [5, 5.41) is 7.69. The number of hydrogen-bond acceptors (Lipinski definition) is 6. The molecule has 0 spiro atoms. The molecule has 33 heavy (non-hydrogen) atoms. The van der Waals surface area contributed by atoms with Crippen LogP contribution in [-0.4, -0.2) is 36.6 Å². The Morgan fingerprint density at radius 2 is 1.42 bits per heavy atom. The second kappa shape index (κ2) is 12.2. The summed E-state index contributed by atoms with van der Waals surface area (Å²) < 4.78 is 10.4. The highest BCUT2D eigenvalue weighted by molar-refractivity contribution is 6.01. The monoisotopic (exact) mass is 452 g/mol. The fraction of sp³-hybridized carbons (Fsp3) is 0.333. The number of amides is 3. The van der Waals surface area contributed by atoms with E-state index >= 15 is 0 Å². The Hall–Kier alpha value is -3.88. The van der Waals surface area contributed by atoms with Crippen molar-refractivity contribution >= 4 is 24.1 Å². The predicted molar refractivity (Wildman–Crippen MR) is 122 cm³/mol. The van der Waals surface area contributed by atoms with Crippen LogP contribution in [-0.2, 0) is 27.5 Å². The van der Waals surface area contributed by atoms with E-state index in [1.807, 2.05) is 67.6 Å². The molecule has 1 heterocycles. The zero-order valence-electron chi connectivity index (χ0n) is 18.5. The molecular weight excluding hydrogens is 424 g/mol. The van der Waals surface area contributed by atoms with Gasteiger partial charge in [-0.25, -0.2) is 9.59 Å². The summed E-state index contributed by atoms with van der Waals surface area (Å²) in [7, 11) is 0. The van der Waals surface area contributed by atoms with E-state index in [0.717, 1.165) is 11.1 Å². The lowest BCUT2D eigenvalue weighted by Gasteiger charge is -2.33. The Bertz CT molecular complexity index is 906. The van der Waals surface area contributed by atoms with Crippen LogP contribution < -0.4 is 16.0 Å². The molecule has 2 aromatic carbocycles. The molecule has 1 fully saturated rings. The smallest absolute Gasteiger partial charge is 0.414 e. The zero-order valence-corrected chi connectivity index (χ0v) is 18.5. The number of β-lactam (4-membered cyclic amide) rings is 1. The maximum absolute atomic E-state index is 12.2. The van der Waals surface area contributed by atoms with Gasteiger partial charge in [-0.2, -0.15) is 0 Å². The summed E-state index contributed by atoms with van der Waals surface area (Å²) in [5.41, 5.74) is 1.66. The molecule has 0 aliphatic carbocycles. The van der Waals surface area contributed by atoms with Crippen molar-refractivity contribution in [2.45, 2.75) is 39.0 Å². The fourth-order valence-electron chi connectivity index (χ4n) is 3.27. The van der Waals surface area contributed by atoms with Crippen LogP contribution in [0, 0.1) is 5.92 Å². The third kappa shape index (κ3) is 7.95. The molecule has 9 nitrogen and oxygen atoms in total. The van der Waals surface area contributed by atoms with Crippen molar-refractivity contribution in [3.8, 4) is 0 Å². The molecule has 0 radical (unpaired) electrons. The Morgan fingerprint density at radius 1 is 0.909 bits per heavy atom. The number of benzene rings is 2. The second-order valence-electron chi connectivity index (χ2n) is 7.65. The van der Waals surface area contributed by atoms with Gasteiger partial charge in [0.05, 0.1) is 5.92 Å². The molecule has 0 saturated carbocycles. The van der Waals surface area contributed by atoms with E-state index in [0.29, 0.717) is 19.4 Å². The molecule has 1 saturated heterocycles. The van der Waals surface area contributed by atoms with Gasteiger partial charge < -0.3 is 14.8 Å².